The second-order valence-electron chi connectivity index (χ2n) is 8.13. The number of halogens is 1. The van der Waals surface area contributed by atoms with Gasteiger partial charge < -0.3 is 14.5 Å². The molecule has 3 rings (SSSR count). The highest BCUT2D eigenvalue weighted by molar-refractivity contribution is 5.86. The van der Waals surface area contributed by atoms with Crippen LogP contribution in [0.4, 0.5) is 10.1 Å². The molecule has 0 N–H and O–H groups in total. The van der Waals surface area contributed by atoms with Crippen molar-refractivity contribution in [3.05, 3.63) is 88.9 Å². The fourth-order valence-corrected chi connectivity index (χ4v) is 3.87. The number of pyridine rings is 1. The molecule has 5 nitrogen and oxygen atoms in total. The van der Waals surface area contributed by atoms with E-state index in [4.69, 9.17) is 9.72 Å². The highest BCUT2D eigenvalue weighted by Crippen LogP contribution is 2.40. The number of carbonyl (C=O) groups is 1. The summed E-state index contributed by atoms with van der Waals surface area (Å²) in [7, 11) is 5.33. The Morgan fingerprint density at radius 3 is 2.62 bits per heavy atom. The van der Waals surface area contributed by atoms with Crippen LogP contribution in [-0.4, -0.2) is 43.5 Å². The molecule has 0 saturated heterocycles. The Morgan fingerprint density at radius 2 is 1.97 bits per heavy atom. The van der Waals surface area contributed by atoms with E-state index in [9.17, 15) is 9.18 Å². The molecule has 0 spiro atoms. The van der Waals surface area contributed by atoms with E-state index in [1.807, 2.05) is 32.0 Å². The smallest absolute Gasteiger partial charge is 0.226 e. The summed E-state index contributed by atoms with van der Waals surface area (Å²) in [6.07, 6.45) is 2.52. The van der Waals surface area contributed by atoms with Crippen LogP contribution in [0.2, 0.25) is 0 Å². The van der Waals surface area contributed by atoms with Gasteiger partial charge in [-0.05, 0) is 60.7 Å². The molecule has 2 heterocycles. The summed E-state index contributed by atoms with van der Waals surface area (Å²) < 4.78 is 19.5. The van der Waals surface area contributed by atoms with E-state index in [2.05, 4.69) is 19.2 Å². The van der Waals surface area contributed by atoms with Gasteiger partial charge in [0.05, 0.1) is 24.4 Å². The molecule has 0 aliphatic carbocycles. The van der Waals surface area contributed by atoms with Crippen molar-refractivity contribution in [2.45, 2.75) is 26.7 Å². The number of ether oxygens (including phenoxy) is 1. The fourth-order valence-electron chi connectivity index (χ4n) is 3.87. The Morgan fingerprint density at radius 1 is 1.25 bits per heavy atom. The quantitative estimate of drug-likeness (QED) is 0.590. The van der Waals surface area contributed by atoms with Crippen molar-refractivity contribution in [2.75, 3.05) is 32.6 Å². The van der Waals surface area contributed by atoms with Crippen molar-refractivity contribution < 1.29 is 13.9 Å². The van der Waals surface area contributed by atoms with Gasteiger partial charge in [-0.25, -0.2) is 4.39 Å². The van der Waals surface area contributed by atoms with Crippen LogP contribution >= 0.6 is 0 Å². The number of anilines is 1. The second-order valence-corrected chi connectivity index (χ2v) is 8.13. The van der Waals surface area contributed by atoms with E-state index < -0.39 is 0 Å². The maximum Gasteiger partial charge on any atom is 0.226 e. The SMILES string of the molecule is C=C(OCC)C1=C(C)c2ncc(Cc3ccc(F)cc3CC(=O)N(C)C)cc2N(C)C1=C. The van der Waals surface area contributed by atoms with E-state index in [1.165, 1.54) is 17.0 Å². The maximum absolute atomic E-state index is 13.9. The number of carbonyl (C=O) groups excluding carboxylic acids is 1. The van der Waals surface area contributed by atoms with Crippen LogP contribution in [0.15, 0.2) is 60.6 Å². The zero-order valence-corrected chi connectivity index (χ0v) is 19.5. The summed E-state index contributed by atoms with van der Waals surface area (Å²) in [4.78, 5) is 20.4. The van der Waals surface area contributed by atoms with E-state index in [0.29, 0.717) is 24.4 Å². The standard InChI is InChI=1S/C26H30FN3O2/c1-8-32-18(4)25-16(2)26-23(30(7)17(25)3)12-19(15-28-26)11-20-9-10-22(27)13-21(20)14-24(31)29(5)6/h9-10,12-13,15H,3-4,8,11,14H2,1-2,5-7H3. The fraction of sp³-hybridized carbons (Fsp3) is 0.308. The predicted molar refractivity (Wildman–Crippen MR) is 127 cm³/mol. The first-order valence-electron chi connectivity index (χ1n) is 10.6. The molecule has 0 fully saturated rings. The van der Waals surface area contributed by atoms with Crippen LogP contribution in [0, 0.1) is 5.82 Å². The van der Waals surface area contributed by atoms with Crippen LogP contribution in [-0.2, 0) is 22.4 Å². The first-order chi connectivity index (χ1) is 15.1. The van der Waals surface area contributed by atoms with Crippen molar-refractivity contribution in [3.63, 3.8) is 0 Å². The van der Waals surface area contributed by atoms with Crippen molar-refractivity contribution >= 4 is 17.2 Å². The van der Waals surface area contributed by atoms with Gasteiger partial charge in [0.25, 0.3) is 0 Å². The van der Waals surface area contributed by atoms with Crippen LogP contribution < -0.4 is 4.90 Å². The van der Waals surface area contributed by atoms with Gasteiger partial charge in [-0.1, -0.05) is 19.2 Å². The van der Waals surface area contributed by atoms with E-state index >= 15 is 0 Å². The molecular weight excluding hydrogens is 405 g/mol. The highest BCUT2D eigenvalue weighted by atomic mass is 19.1. The van der Waals surface area contributed by atoms with Gasteiger partial charge in [0.2, 0.25) is 5.91 Å². The minimum Gasteiger partial charge on any atom is -0.494 e. The number of allylic oxidation sites excluding steroid dienone is 1. The Hall–Kier alpha value is -3.41. The first kappa shape index (κ1) is 23.3. The largest absolute Gasteiger partial charge is 0.494 e. The lowest BCUT2D eigenvalue weighted by molar-refractivity contribution is -0.127. The van der Waals surface area contributed by atoms with Crippen LogP contribution in [0.3, 0.4) is 0 Å². The average molecular weight is 436 g/mol. The number of hydrogen-bond acceptors (Lipinski definition) is 4. The monoisotopic (exact) mass is 435 g/mol. The van der Waals surface area contributed by atoms with Crippen LogP contribution in [0.25, 0.3) is 5.57 Å². The number of fused-ring (bicyclic) bond motifs is 1. The van der Waals surface area contributed by atoms with Crippen molar-refractivity contribution in [1.29, 1.82) is 0 Å². The highest BCUT2D eigenvalue weighted by Gasteiger charge is 2.27. The zero-order valence-electron chi connectivity index (χ0n) is 19.5. The summed E-state index contributed by atoms with van der Waals surface area (Å²) in [5, 5.41) is 0. The number of likely N-dealkylation sites (N-methyl/N-ethyl adjacent to an activating group) is 2. The van der Waals surface area contributed by atoms with Gasteiger partial charge >= 0.3 is 0 Å². The minimum absolute atomic E-state index is 0.0701. The molecule has 0 bridgehead atoms. The number of nitrogens with zero attached hydrogens (tertiary/aromatic N) is 3. The Bertz CT molecular complexity index is 1120. The van der Waals surface area contributed by atoms with Gasteiger partial charge in [0, 0.05) is 38.6 Å². The molecule has 2 aromatic rings. The van der Waals surface area contributed by atoms with Crippen LogP contribution in [0.5, 0.6) is 0 Å². The molecular formula is C26H30FN3O2. The third kappa shape index (κ3) is 4.59. The van der Waals surface area contributed by atoms with E-state index in [0.717, 1.165) is 39.4 Å². The normalized spacial score (nSPS) is 13.2. The number of benzene rings is 1. The number of aromatic nitrogens is 1. The van der Waals surface area contributed by atoms with E-state index in [1.54, 1.807) is 20.2 Å². The summed E-state index contributed by atoms with van der Waals surface area (Å²) in [5.41, 5.74) is 6.97. The lowest BCUT2D eigenvalue weighted by Gasteiger charge is -2.32. The van der Waals surface area contributed by atoms with Crippen molar-refractivity contribution in [3.8, 4) is 0 Å². The third-order valence-corrected chi connectivity index (χ3v) is 5.71. The molecule has 1 aromatic heterocycles. The predicted octanol–water partition coefficient (Wildman–Crippen LogP) is 4.73. The maximum atomic E-state index is 13.9. The van der Waals surface area contributed by atoms with Crippen LogP contribution in [0.1, 0.15) is 36.2 Å². The molecule has 1 aliphatic rings. The molecule has 0 radical (unpaired) electrons. The summed E-state index contributed by atoms with van der Waals surface area (Å²) in [5.74, 6) is 0.164. The summed E-state index contributed by atoms with van der Waals surface area (Å²) in [6.45, 7) is 12.7. The molecule has 1 amide bonds. The van der Waals surface area contributed by atoms with Crippen molar-refractivity contribution in [1.82, 2.24) is 9.88 Å². The molecule has 32 heavy (non-hydrogen) atoms. The molecule has 0 unspecified atom stereocenters. The average Bonchev–Trinajstić information content (AvgIpc) is 2.74. The second kappa shape index (κ2) is 9.39. The van der Waals surface area contributed by atoms with Gasteiger partial charge in [-0.15, -0.1) is 0 Å². The lowest BCUT2D eigenvalue weighted by Crippen LogP contribution is -2.25. The van der Waals surface area contributed by atoms with E-state index in [-0.39, 0.29) is 18.1 Å². The zero-order chi connectivity index (χ0) is 23.6. The number of hydrogen-bond donors (Lipinski definition) is 0. The Balaban J connectivity index is 1.97. The number of rotatable bonds is 7. The molecule has 0 saturated carbocycles. The van der Waals surface area contributed by atoms with Gasteiger partial charge in [0.15, 0.2) is 0 Å². The minimum atomic E-state index is -0.349. The van der Waals surface area contributed by atoms with Gasteiger partial charge in [-0.3, -0.25) is 9.78 Å². The topological polar surface area (TPSA) is 45.7 Å². The first-order valence-corrected chi connectivity index (χ1v) is 10.6. The summed E-state index contributed by atoms with van der Waals surface area (Å²) >= 11 is 0. The Kier molecular flexibility index (Phi) is 6.82. The number of amides is 1. The van der Waals surface area contributed by atoms with Gasteiger partial charge in [-0.2, -0.15) is 0 Å². The molecule has 1 aliphatic heterocycles. The van der Waals surface area contributed by atoms with Crippen molar-refractivity contribution in [2.24, 2.45) is 0 Å². The third-order valence-electron chi connectivity index (χ3n) is 5.71. The summed E-state index contributed by atoms with van der Waals surface area (Å²) in [6, 6.07) is 6.68. The molecule has 0 atom stereocenters. The lowest BCUT2D eigenvalue weighted by atomic mass is 9.93. The molecule has 1 aromatic carbocycles. The van der Waals surface area contributed by atoms with Gasteiger partial charge in [0.1, 0.15) is 11.6 Å². The molecule has 6 heteroatoms. The Labute approximate surface area is 189 Å². The molecule has 168 valence electrons.